The minimum Gasteiger partial charge on any atom is -0.330 e. The molecule has 0 aromatic rings. The Morgan fingerprint density at radius 3 is 2.64 bits per heavy atom. The van der Waals surface area contributed by atoms with Gasteiger partial charge >= 0.3 is 0 Å². The quantitative estimate of drug-likeness (QED) is 0.576. The Bertz CT molecular complexity index is 134. The maximum absolute atomic E-state index is 5.58. The number of nitrogens with two attached hydrogens (primary N) is 1. The molecule has 2 N–H and O–H groups in total. The first-order chi connectivity index (χ1) is 6.74. The number of hydrogen-bond donors (Lipinski definition) is 1. The summed E-state index contributed by atoms with van der Waals surface area (Å²) in [5.41, 5.74) is 5.58. The van der Waals surface area contributed by atoms with Crippen LogP contribution < -0.4 is 5.73 Å². The van der Waals surface area contributed by atoms with Crippen LogP contribution in [-0.2, 0) is 0 Å². The Kier molecular flexibility index (Phi) is 9.00. The standard InChI is InChI=1S/C12H26N2/c1-4-8-14(9-5-2)10-6-7-12(3)11-13/h4,12H,1,5-11,13H2,2-3H3. The van der Waals surface area contributed by atoms with Gasteiger partial charge in [0.15, 0.2) is 0 Å². The molecule has 0 aromatic carbocycles. The molecule has 1 atom stereocenters. The Balaban J connectivity index is 3.53. The Morgan fingerprint density at radius 2 is 2.14 bits per heavy atom. The number of nitrogens with zero attached hydrogens (tertiary/aromatic N) is 1. The summed E-state index contributed by atoms with van der Waals surface area (Å²) in [6.45, 7) is 12.4. The molecule has 0 saturated heterocycles. The Labute approximate surface area is 89.2 Å². The molecule has 0 amide bonds. The highest BCUT2D eigenvalue weighted by molar-refractivity contribution is 4.73. The van der Waals surface area contributed by atoms with Crippen LogP contribution in [0.3, 0.4) is 0 Å². The van der Waals surface area contributed by atoms with Crippen molar-refractivity contribution in [2.24, 2.45) is 11.7 Å². The van der Waals surface area contributed by atoms with E-state index in [0.29, 0.717) is 5.92 Å². The maximum Gasteiger partial charge on any atom is 0.0160 e. The molecule has 0 saturated carbocycles. The average Bonchev–Trinajstić information content (AvgIpc) is 2.18. The third-order valence-electron chi connectivity index (χ3n) is 2.50. The molecule has 0 bridgehead atoms. The van der Waals surface area contributed by atoms with E-state index in [2.05, 4.69) is 25.3 Å². The van der Waals surface area contributed by atoms with Crippen molar-refractivity contribution in [1.29, 1.82) is 0 Å². The minimum absolute atomic E-state index is 0.669. The molecular weight excluding hydrogens is 172 g/mol. The van der Waals surface area contributed by atoms with Gasteiger partial charge in [0.2, 0.25) is 0 Å². The van der Waals surface area contributed by atoms with E-state index in [1.807, 2.05) is 6.08 Å². The highest BCUT2D eigenvalue weighted by Crippen LogP contribution is 2.05. The average molecular weight is 198 g/mol. The van der Waals surface area contributed by atoms with Gasteiger partial charge in [-0.1, -0.05) is 19.9 Å². The zero-order chi connectivity index (χ0) is 10.8. The monoisotopic (exact) mass is 198 g/mol. The normalized spacial score (nSPS) is 13.1. The Hall–Kier alpha value is -0.340. The molecule has 14 heavy (non-hydrogen) atoms. The summed E-state index contributed by atoms with van der Waals surface area (Å²) in [6.07, 6.45) is 5.71. The fraction of sp³-hybridized carbons (Fsp3) is 0.833. The van der Waals surface area contributed by atoms with Gasteiger partial charge in [-0.25, -0.2) is 0 Å². The van der Waals surface area contributed by atoms with Gasteiger partial charge in [-0.2, -0.15) is 0 Å². The topological polar surface area (TPSA) is 29.3 Å². The highest BCUT2D eigenvalue weighted by atomic mass is 15.1. The van der Waals surface area contributed by atoms with Crippen LogP contribution in [0.15, 0.2) is 12.7 Å². The maximum atomic E-state index is 5.58. The smallest absolute Gasteiger partial charge is 0.0160 e. The van der Waals surface area contributed by atoms with Crippen LogP contribution >= 0.6 is 0 Å². The van der Waals surface area contributed by atoms with Crippen LogP contribution in [-0.4, -0.2) is 31.1 Å². The lowest BCUT2D eigenvalue weighted by atomic mass is 10.1. The minimum atomic E-state index is 0.669. The predicted molar refractivity (Wildman–Crippen MR) is 64.4 cm³/mol. The van der Waals surface area contributed by atoms with Crippen molar-refractivity contribution in [3.63, 3.8) is 0 Å². The summed E-state index contributed by atoms with van der Waals surface area (Å²) in [5, 5.41) is 0. The predicted octanol–water partition coefficient (Wildman–Crippen LogP) is 2.26. The summed E-state index contributed by atoms with van der Waals surface area (Å²) in [7, 11) is 0. The molecule has 0 spiro atoms. The second-order valence-electron chi connectivity index (χ2n) is 4.07. The first kappa shape index (κ1) is 13.7. The summed E-state index contributed by atoms with van der Waals surface area (Å²) in [4.78, 5) is 2.45. The van der Waals surface area contributed by atoms with Crippen LogP contribution in [0.5, 0.6) is 0 Å². The molecule has 0 rings (SSSR count). The number of rotatable bonds is 9. The number of hydrogen-bond acceptors (Lipinski definition) is 2. The summed E-state index contributed by atoms with van der Waals surface area (Å²) in [6, 6.07) is 0. The molecule has 0 radical (unpaired) electrons. The van der Waals surface area contributed by atoms with Crippen molar-refractivity contribution in [3.05, 3.63) is 12.7 Å². The van der Waals surface area contributed by atoms with E-state index in [4.69, 9.17) is 5.73 Å². The molecule has 1 unspecified atom stereocenters. The zero-order valence-electron chi connectivity index (χ0n) is 9.84. The van der Waals surface area contributed by atoms with Crippen LogP contribution in [0.25, 0.3) is 0 Å². The molecule has 2 heteroatoms. The van der Waals surface area contributed by atoms with Gasteiger partial charge < -0.3 is 5.73 Å². The van der Waals surface area contributed by atoms with E-state index >= 15 is 0 Å². The van der Waals surface area contributed by atoms with Gasteiger partial charge in [0.05, 0.1) is 0 Å². The van der Waals surface area contributed by atoms with Gasteiger partial charge in [0.25, 0.3) is 0 Å². The van der Waals surface area contributed by atoms with Crippen molar-refractivity contribution in [3.8, 4) is 0 Å². The van der Waals surface area contributed by atoms with Gasteiger partial charge in [0.1, 0.15) is 0 Å². The van der Waals surface area contributed by atoms with Crippen LogP contribution in [0.4, 0.5) is 0 Å². The zero-order valence-corrected chi connectivity index (χ0v) is 9.84. The van der Waals surface area contributed by atoms with Crippen molar-refractivity contribution >= 4 is 0 Å². The van der Waals surface area contributed by atoms with Gasteiger partial charge in [0, 0.05) is 6.54 Å². The Morgan fingerprint density at radius 1 is 1.43 bits per heavy atom. The first-order valence-electron chi connectivity index (χ1n) is 5.77. The molecule has 0 heterocycles. The summed E-state index contributed by atoms with van der Waals surface area (Å²) < 4.78 is 0. The molecule has 0 aliphatic heterocycles. The molecule has 2 nitrogen and oxygen atoms in total. The second kappa shape index (κ2) is 9.22. The van der Waals surface area contributed by atoms with Crippen molar-refractivity contribution in [2.45, 2.75) is 33.1 Å². The summed E-state index contributed by atoms with van der Waals surface area (Å²) >= 11 is 0. The van der Waals surface area contributed by atoms with E-state index in [0.717, 1.165) is 13.1 Å². The van der Waals surface area contributed by atoms with Gasteiger partial charge in [-0.15, -0.1) is 6.58 Å². The highest BCUT2D eigenvalue weighted by Gasteiger charge is 2.03. The van der Waals surface area contributed by atoms with E-state index in [-0.39, 0.29) is 0 Å². The molecule has 0 aliphatic carbocycles. The van der Waals surface area contributed by atoms with Gasteiger partial charge in [-0.05, 0) is 44.8 Å². The molecule has 0 fully saturated rings. The van der Waals surface area contributed by atoms with Gasteiger partial charge in [-0.3, -0.25) is 4.90 Å². The van der Waals surface area contributed by atoms with Crippen LogP contribution in [0.2, 0.25) is 0 Å². The van der Waals surface area contributed by atoms with E-state index in [1.165, 1.54) is 32.4 Å². The lowest BCUT2D eigenvalue weighted by Gasteiger charge is -2.20. The van der Waals surface area contributed by atoms with Crippen LogP contribution in [0.1, 0.15) is 33.1 Å². The molecule has 0 aliphatic rings. The largest absolute Gasteiger partial charge is 0.330 e. The lowest BCUT2D eigenvalue weighted by molar-refractivity contribution is 0.288. The molecule has 0 aromatic heterocycles. The third-order valence-corrected chi connectivity index (χ3v) is 2.50. The molecule has 84 valence electrons. The fourth-order valence-corrected chi connectivity index (χ4v) is 1.57. The SMILES string of the molecule is C=CCN(CCC)CCCC(C)CN. The van der Waals surface area contributed by atoms with Crippen molar-refractivity contribution < 1.29 is 0 Å². The van der Waals surface area contributed by atoms with Crippen LogP contribution in [0, 0.1) is 5.92 Å². The first-order valence-corrected chi connectivity index (χ1v) is 5.77. The van der Waals surface area contributed by atoms with E-state index in [9.17, 15) is 0 Å². The second-order valence-corrected chi connectivity index (χ2v) is 4.07. The third kappa shape index (κ3) is 7.10. The fourth-order valence-electron chi connectivity index (χ4n) is 1.57. The van der Waals surface area contributed by atoms with Crippen molar-refractivity contribution in [2.75, 3.05) is 26.2 Å². The van der Waals surface area contributed by atoms with E-state index < -0.39 is 0 Å². The van der Waals surface area contributed by atoms with Crippen molar-refractivity contribution in [1.82, 2.24) is 4.90 Å². The summed E-state index contributed by atoms with van der Waals surface area (Å²) in [5.74, 6) is 0.669. The lowest BCUT2D eigenvalue weighted by Crippen LogP contribution is -2.26. The molecular formula is C12H26N2. The van der Waals surface area contributed by atoms with E-state index in [1.54, 1.807) is 0 Å².